The van der Waals surface area contributed by atoms with Gasteiger partial charge in [-0.3, -0.25) is 0 Å². The van der Waals surface area contributed by atoms with Gasteiger partial charge in [-0.25, -0.2) is 4.79 Å². The molecule has 22 heavy (non-hydrogen) atoms. The van der Waals surface area contributed by atoms with Gasteiger partial charge in [0.25, 0.3) is 0 Å². The summed E-state index contributed by atoms with van der Waals surface area (Å²) in [5, 5.41) is 1.62. The maximum Gasteiger partial charge on any atom is 0.344 e. The molecule has 1 heterocycles. The first-order valence-electron chi connectivity index (χ1n) is 6.89. The summed E-state index contributed by atoms with van der Waals surface area (Å²) in [5.74, 6) is 0. The van der Waals surface area contributed by atoms with E-state index in [-0.39, 0.29) is 5.63 Å². The molecule has 2 aromatic carbocycles. The van der Waals surface area contributed by atoms with E-state index >= 15 is 0 Å². The molecular weight excluding hydrogens is 364 g/mol. The van der Waals surface area contributed by atoms with Crippen LogP contribution in [0.15, 0.2) is 44.0 Å². The monoisotopic (exact) mass is 376 g/mol. The molecule has 2 nitrogen and oxygen atoms in total. The van der Waals surface area contributed by atoms with Crippen LogP contribution >= 0.6 is 27.5 Å². The van der Waals surface area contributed by atoms with Gasteiger partial charge in [-0.05, 0) is 61.2 Å². The smallest absolute Gasteiger partial charge is 0.344 e. The fraction of sp³-hybridized carbons (Fsp3) is 0.167. The molecule has 0 radical (unpaired) electrons. The highest BCUT2D eigenvalue weighted by Crippen LogP contribution is 2.34. The SMILES string of the molecule is Cc1cc2oc(=O)c(-c3ccc(Br)cc3)c(C)c2c(C)c1Cl. The molecular formula is C18H14BrClO2. The topological polar surface area (TPSA) is 30.2 Å². The van der Waals surface area contributed by atoms with Crippen molar-refractivity contribution >= 4 is 38.5 Å². The molecule has 3 rings (SSSR count). The Bertz CT molecular complexity index is 940. The Hall–Kier alpha value is -1.58. The highest BCUT2D eigenvalue weighted by molar-refractivity contribution is 9.10. The summed E-state index contributed by atoms with van der Waals surface area (Å²) in [6, 6.07) is 9.45. The summed E-state index contributed by atoms with van der Waals surface area (Å²) in [7, 11) is 0. The highest BCUT2D eigenvalue weighted by atomic mass is 79.9. The summed E-state index contributed by atoms with van der Waals surface area (Å²) in [5.41, 5.74) is 4.43. The number of hydrogen-bond acceptors (Lipinski definition) is 2. The van der Waals surface area contributed by atoms with Crippen molar-refractivity contribution in [1.82, 2.24) is 0 Å². The quantitative estimate of drug-likeness (QED) is 0.502. The minimum absolute atomic E-state index is 0.326. The van der Waals surface area contributed by atoms with Gasteiger partial charge in [-0.2, -0.15) is 0 Å². The summed E-state index contributed by atoms with van der Waals surface area (Å²) >= 11 is 9.77. The van der Waals surface area contributed by atoms with Gasteiger partial charge < -0.3 is 4.42 Å². The zero-order chi connectivity index (χ0) is 16.0. The van der Waals surface area contributed by atoms with Crippen molar-refractivity contribution in [3.8, 4) is 11.1 Å². The van der Waals surface area contributed by atoms with Crippen LogP contribution in [0, 0.1) is 20.8 Å². The van der Waals surface area contributed by atoms with Crippen LogP contribution in [0.25, 0.3) is 22.1 Å². The Labute approximate surface area is 141 Å². The lowest BCUT2D eigenvalue weighted by molar-refractivity contribution is 0.562. The third-order valence-electron chi connectivity index (χ3n) is 3.93. The van der Waals surface area contributed by atoms with E-state index in [1.807, 2.05) is 51.1 Å². The van der Waals surface area contributed by atoms with Gasteiger partial charge in [0, 0.05) is 14.9 Å². The molecule has 0 N–H and O–H groups in total. The maximum atomic E-state index is 12.4. The molecule has 0 saturated heterocycles. The lowest BCUT2D eigenvalue weighted by Crippen LogP contribution is -2.07. The van der Waals surface area contributed by atoms with Gasteiger partial charge in [0.05, 0.1) is 5.56 Å². The van der Waals surface area contributed by atoms with Gasteiger partial charge in [0.15, 0.2) is 0 Å². The molecule has 0 aliphatic heterocycles. The molecule has 0 amide bonds. The second-order valence-electron chi connectivity index (χ2n) is 5.40. The van der Waals surface area contributed by atoms with E-state index in [1.54, 1.807) is 0 Å². The van der Waals surface area contributed by atoms with Crippen LogP contribution in [0.4, 0.5) is 0 Å². The fourth-order valence-electron chi connectivity index (χ4n) is 2.85. The summed E-state index contributed by atoms with van der Waals surface area (Å²) in [6.07, 6.45) is 0. The molecule has 112 valence electrons. The second-order valence-corrected chi connectivity index (χ2v) is 6.70. The van der Waals surface area contributed by atoms with Crippen LogP contribution in [-0.2, 0) is 0 Å². The van der Waals surface area contributed by atoms with E-state index in [2.05, 4.69) is 15.9 Å². The average molecular weight is 378 g/mol. The predicted octanol–water partition coefficient (Wildman–Crippen LogP) is 5.80. The lowest BCUT2D eigenvalue weighted by Gasteiger charge is -2.12. The summed E-state index contributed by atoms with van der Waals surface area (Å²) in [4.78, 5) is 12.4. The first kappa shape index (κ1) is 15.3. The molecule has 3 aromatic rings. The molecule has 0 atom stereocenters. The number of benzene rings is 2. The third kappa shape index (κ3) is 2.38. The second kappa shape index (κ2) is 5.56. The van der Waals surface area contributed by atoms with Crippen LogP contribution in [0.5, 0.6) is 0 Å². The molecule has 0 spiro atoms. The number of aryl methyl sites for hydroxylation is 3. The summed E-state index contributed by atoms with van der Waals surface area (Å²) < 4.78 is 6.52. The number of hydrogen-bond donors (Lipinski definition) is 0. The highest BCUT2D eigenvalue weighted by Gasteiger charge is 2.17. The van der Waals surface area contributed by atoms with Crippen LogP contribution in [0.1, 0.15) is 16.7 Å². The first-order chi connectivity index (χ1) is 10.4. The standard InChI is InChI=1S/C18H14BrClO2/c1-9-8-14-15(11(3)17(9)20)10(2)16(18(21)22-14)12-4-6-13(19)7-5-12/h4-8H,1-3H3. The van der Waals surface area contributed by atoms with Crippen molar-refractivity contribution in [3.63, 3.8) is 0 Å². The average Bonchev–Trinajstić information content (AvgIpc) is 2.46. The van der Waals surface area contributed by atoms with Crippen LogP contribution < -0.4 is 5.63 Å². The fourth-order valence-corrected chi connectivity index (χ4v) is 3.26. The molecule has 1 aromatic heterocycles. The van der Waals surface area contributed by atoms with Gasteiger partial charge in [-0.15, -0.1) is 0 Å². The van der Waals surface area contributed by atoms with E-state index < -0.39 is 0 Å². The van der Waals surface area contributed by atoms with Gasteiger partial charge in [0.1, 0.15) is 5.58 Å². The third-order valence-corrected chi connectivity index (χ3v) is 5.04. The van der Waals surface area contributed by atoms with Crippen LogP contribution in [0.2, 0.25) is 5.02 Å². The Kier molecular flexibility index (Phi) is 3.87. The lowest BCUT2D eigenvalue weighted by atomic mass is 9.96. The number of halogens is 2. The van der Waals surface area contributed by atoms with Crippen molar-refractivity contribution in [2.24, 2.45) is 0 Å². The van der Waals surface area contributed by atoms with E-state index in [4.69, 9.17) is 16.0 Å². The van der Waals surface area contributed by atoms with E-state index in [9.17, 15) is 4.79 Å². The molecule has 4 heteroatoms. The van der Waals surface area contributed by atoms with Crippen LogP contribution in [0.3, 0.4) is 0 Å². The minimum Gasteiger partial charge on any atom is -0.422 e. The van der Waals surface area contributed by atoms with Crippen molar-refractivity contribution in [3.05, 3.63) is 66.9 Å². The predicted molar refractivity (Wildman–Crippen MR) is 94.8 cm³/mol. The van der Waals surface area contributed by atoms with Crippen molar-refractivity contribution in [2.45, 2.75) is 20.8 Å². The van der Waals surface area contributed by atoms with Crippen molar-refractivity contribution < 1.29 is 4.42 Å². The molecule has 0 aliphatic carbocycles. The van der Waals surface area contributed by atoms with E-state index in [0.29, 0.717) is 16.2 Å². The molecule has 0 bridgehead atoms. The van der Waals surface area contributed by atoms with Gasteiger partial charge >= 0.3 is 5.63 Å². The Morgan fingerprint density at radius 1 is 1.05 bits per heavy atom. The normalized spacial score (nSPS) is 11.1. The Balaban J connectivity index is 2.42. The first-order valence-corrected chi connectivity index (χ1v) is 8.06. The van der Waals surface area contributed by atoms with Gasteiger partial charge in [-0.1, -0.05) is 39.7 Å². The number of fused-ring (bicyclic) bond motifs is 1. The van der Waals surface area contributed by atoms with E-state index in [1.165, 1.54) is 0 Å². The molecule has 0 saturated carbocycles. The molecule has 0 fully saturated rings. The largest absolute Gasteiger partial charge is 0.422 e. The maximum absolute atomic E-state index is 12.4. The zero-order valence-electron chi connectivity index (χ0n) is 12.5. The number of rotatable bonds is 1. The molecule has 0 aliphatic rings. The van der Waals surface area contributed by atoms with Crippen molar-refractivity contribution in [1.29, 1.82) is 0 Å². The summed E-state index contributed by atoms with van der Waals surface area (Å²) in [6.45, 7) is 5.80. The molecule has 0 unspecified atom stereocenters. The van der Waals surface area contributed by atoms with Crippen LogP contribution in [-0.4, -0.2) is 0 Å². The van der Waals surface area contributed by atoms with Crippen molar-refractivity contribution in [2.75, 3.05) is 0 Å². The minimum atomic E-state index is -0.326. The van der Waals surface area contributed by atoms with Gasteiger partial charge in [0.2, 0.25) is 0 Å². The van der Waals surface area contributed by atoms with E-state index in [0.717, 1.165) is 32.1 Å². The Morgan fingerprint density at radius 2 is 1.68 bits per heavy atom. The Morgan fingerprint density at radius 3 is 2.32 bits per heavy atom. The zero-order valence-corrected chi connectivity index (χ0v) is 14.8.